The largest absolute Gasteiger partial charge is 0.495 e. The highest BCUT2D eigenvalue weighted by molar-refractivity contribution is 6.20. The maximum absolute atomic E-state index is 11.4. The lowest BCUT2D eigenvalue weighted by Gasteiger charge is -2.14. The Morgan fingerprint density at radius 2 is 2.19 bits per heavy atom. The molecule has 84 valence electrons. The number of hydrogen-bond donors (Lipinski definition) is 2. The maximum Gasteiger partial charge on any atom is 0.329 e. The quantitative estimate of drug-likeness (QED) is 0.557. The molecular formula is C10H11N3O3. The van der Waals surface area contributed by atoms with Crippen molar-refractivity contribution in [3.8, 4) is 5.75 Å². The molecule has 3 amide bonds. The van der Waals surface area contributed by atoms with E-state index in [4.69, 9.17) is 10.5 Å². The molecule has 0 aliphatic carbocycles. The van der Waals surface area contributed by atoms with Crippen molar-refractivity contribution >= 4 is 23.3 Å². The molecule has 0 radical (unpaired) electrons. The first kappa shape index (κ1) is 10.3. The molecule has 1 aromatic rings. The van der Waals surface area contributed by atoms with Crippen LogP contribution < -0.4 is 20.7 Å². The molecule has 2 rings (SSSR count). The number of imide groups is 1. The SMILES string of the molecule is COc1ccc(N2C(=O)CNC2=O)cc1N. The van der Waals surface area contributed by atoms with Crippen LogP contribution in [0.15, 0.2) is 18.2 Å². The molecule has 0 saturated carbocycles. The van der Waals surface area contributed by atoms with E-state index in [9.17, 15) is 9.59 Å². The van der Waals surface area contributed by atoms with Crippen molar-refractivity contribution in [3.05, 3.63) is 18.2 Å². The van der Waals surface area contributed by atoms with Gasteiger partial charge in [0.1, 0.15) is 5.75 Å². The summed E-state index contributed by atoms with van der Waals surface area (Å²) >= 11 is 0. The summed E-state index contributed by atoms with van der Waals surface area (Å²) in [4.78, 5) is 23.8. The van der Waals surface area contributed by atoms with Crippen molar-refractivity contribution < 1.29 is 14.3 Å². The Kier molecular flexibility index (Phi) is 2.40. The smallest absolute Gasteiger partial charge is 0.329 e. The summed E-state index contributed by atoms with van der Waals surface area (Å²) in [5.74, 6) is 0.213. The average molecular weight is 221 g/mol. The maximum atomic E-state index is 11.4. The standard InChI is InChI=1S/C10H11N3O3/c1-16-8-3-2-6(4-7(8)11)13-9(14)5-12-10(13)15/h2-4H,5,11H2,1H3,(H,12,15). The summed E-state index contributed by atoms with van der Waals surface area (Å²) < 4.78 is 4.99. The normalized spacial score (nSPS) is 15.2. The number of nitrogens with one attached hydrogen (secondary N) is 1. The van der Waals surface area contributed by atoms with E-state index in [1.54, 1.807) is 12.1 Å². The third-order valence-electron chi connectivity index (χ3n) is 2.31. The predicted molar refractivity (Wildman–Crippen MR) is 58.3 cm³/mol. The minimum Gasteiger partial charge on any atom is -0.495 e. The van der Waals surface area contributed by atoms with Gasteiger partial charge in [0.2, 0.25) is 0 Å². The Morgan fingerprint density at radius 3 is 2.69 bits per heavy atom. The zero-order chi connectivity index (χ0) is 11.7. The summed E-state index contributed by atoms with van der Waals surface area (Å²) in [5, 5.41) is 2.43. The summed E-state index contributed by atoms with van der Waals surface area (Å²) in [6.07, 6.45) is 0. The predicted octanol–water partition coefficient (Wildman–Crippen LogP) is 0.334. The molecule has 1 heterocycles. The van der Waals surface area contributed by atoms with Gasteiger partial charge in [-0.2, -0.15) is 0 Å². The fourth-order valence-corrected chi connectivity index (χ4v) is 1.54. The van der Waals surface area contributed by atoms with Crippen LogP contribution in [0, 0.1) is 0 Å². The van der Waals surface area contributed by atoms with Gasteiger partial charge in [0.25, 0.3) is 5.91 Å². The number of amides is 3. The van der Waals surface area contributed by atoms with Crippen LogP contribution >= 0.6 is 0 Å². The van der Waals surface area contributed by atoms with Crippen LogP contribution in [0.4, 0.5) is 16.2 Å². The number of ether oxygens (including phenoxy) is 1. The molecule has 0 unspecified atom stereocenters. The number of nitrogen functional groups attached to an aromatic ring is 1. The Labute approximate surface area is 92.0 Å². The van der Waals surface area contributed by atoms with Crippen LogP contribution in [-0.2, 0) is 4.79 Å². The fraction of sp³-hybridized carbons (Fsp3) is 0.200. The second kappa shape index (κ2) is 3.73. The molecule has 0 spiro atoms. The van der Waals surface area contributed by atoms with Crippen molar-refractivity contribution in [2.45, 2.75) is 0 Å². The van der Waals surface area contributed by atoms with Gasteiger partial charge in [0.05, 0.1) is 25.0 Å². The van der Waals surface area contributed by atoms with Gasteiger partial charge < -0.3 is 15.8 Å². The van der Waals surface area contributed by atoms with Gasteiger partial charge in [-0.1, -0.05) is 0 Å². The first-order valence-corrected chi connectivity index (χ1v) is 4.68. The summed E-state index contributed by atoms with van der Waals surface area (Å²) in [6, 6.07) is 4.32. The van der Waals surface area contributed by atoms with Gasteiger partial charge in [0.15, 0.2) is 0 Å². The van der Waals surface area contributed by atoms with Crippen LogP contribution in [0.2, 0.25) is 0 Å². The molecule has 3 N–H and O–H groups in total. The number of rotatable bonds is 2. The monoisotopic (exact) mass is 221 g/mol. The van der Waals surface area contributed by atoms with E-state index in [1.807, 2.05) is 0 Å². The number of nitrogens with zero attached hydrogens (tertiary/aromatic N) is 1. The second-order valence-corrected chi connectivity index (χ2v) is 3.31. The molecule has 0 atom stereocenters. The number of carbonyl (C=O) groups is 2. The third kappa shape index (κ3) is 1.54. The molecule has 6 heteroatoms. The second-order valence-electron chi connectivity index (χ2n) is 3.31. The van der Waals surface area contributed by atoms with E-state index in [2.05, 4.69) is 5.32 Å². The third-order valence-corrected chi connectivity index (χ3v) is 2.31. The lowest BCUT2D eigenvalue weighted by atomic mass is 10.2. The molecule has 16 heavy (non-hydrogen) atoms. The molecule has 1 aliphatic heterocycles. The highest BCUT2D eigenvalue weighted by Crippen LogP contribution is 2.27. The van der Waals surface area contributed by atoms with Crippen molar-refractivity contribution in [1.29, 1.82) is 0 Å². The van der Waals surface area contributed by atoms with Gasteiger partial charge in [-0.3, -0.25) is 4.79 Å². The first-order valence-electron chi connectivity index (χ1n) is 4.68. The lowest BCUT2D eigenvalue weighted by molar-refractivity contribution is -0.115. The van der Waals surface area contributed by atoms with Crippen LogP contribution in [0.25, 0.3) is 0 Å². The van der Waals surface area contributed by atoms with E-state index in [-0.39, 0.29) is 12.5 Å². The van der Waals surface area contributed by atoms with Crippen LogP contribution in [0.1, 0.15) is 0 Å². The molecule has 0 bridgehead atoms. The number of hydrogen-bond acceptors (Lipinski definition) is 4. The van der Waals surface area contributed by atoms with Gasteiger partial charge in [-0.25, -0.2) is 9.69 Å². The highest BCUT2D eigenvalue weighted by Gasteiger charge is 2.30. The number of nitrogens with two attached hydrogens (primary N) is 1. The molecule has 1 aromatic carbocycles. The van der Waals surface area contributed by atoms with Gasteiger partial charge in [-0.05, 0) is 18.2 Å². The van der Waals surface area contributed by atoms with Crippen LogP contribution in [0.3, 0.4) is 0 Å². The first-order chi connectivity index (χ1) is 7.63. The van der Waals surface area contributed by atoms with Crippen LogP contribution in [0.5, 0.6) is 5.75 Å². The Bertz CT molecular complexity index is 443. The number of carbonyl (C=O) groups excluding carboxylic acids is 2. The summed E-state index contributed by atoms with van der Waals surface area (Å²) in [7, 11) is 1.50. The molecule has 0 aromatic heterocycles. The number of urea groups is 1. The van der Waals surface area contributed by atoms with Crippen molar-refractivity contribution in [2.24, 2.45) is 0 Å². The van der Waals surface area contributed by atoms with Gasteiger partial charge in [-0.15, -0.1) is 0 Å². The summed E-state index contributed by atoms with van der Waals surface area (Å²) in [5.41, 5.74) is 6.52. The zero-order valence-electron chi connectivity index (χ0n) is 8.69. The molecule has 1 fully saturated rings. The Hall–Kier alpha value is -2.24. The Morgan fingerprint density at radius 1 is 1.44 bits per heavy atom. The van der Waals surface area contributed by atoms with Crippen molar-refractivity contribution in [3.63, 3.8) is 0 Å². The highest BCUT2D eigenvalue weighted by atomic mass is 16.5. The van der Waals surface area contributed by atoms with Gasteiger partial charge in [0, 0.05) is 0 Å². The minimum atomic E-state index is -0.436. The fourth-order valence-electron chi connectivity index (χ4n) is 1.54. The van der Waals surface area contributed by atoms with E-state index < -0.39 is 6.03 Å². The lowest BCUT2D eigenvalue weighted by Crippen LogP contribution is -2.30. The van der Waals surface area contributed by atoms with Crippen molar-refractivity contribution in [1.82, 2.24) is 5.32 Å². The number of methoxy groups -OCH3 is 1. The van der Waals surface area contributed by atoms with Gasteiger partial charge >= 0.3 is 6.03 Å². The topological polar surface area (TPSA) is 84.7 Å². The van der Waals surface area contributed by atoms with E-state index in [0.717, 1.165) is 4.90 Å². The minimum absolute atomic E-state index is 0.0186. The molecule has 1 aliphatic rings. The van der Waals surface area contributed by atoms with Crippen LogP contribution in [-0.4, -0.2) is 25.6 Å². The number of anilines is 2. The van der Waals surface area contributed by atoms with E-state index in [1.165, 1.54) is 13.2 Å². The molecule has 1 saturated heterocycles. The molecule has 6 nitrogen and oxygen atoms in total. The molecular weight excluding hydrogens is 210 g/mol. The van der Waals surface area contributed by atoms with E-state index in [0.29, 0.717) is 17.1 Å². The zero-order valence-corrected chi connectivity index (χ0v) is 8.69. The van der Waals surface area contributed by atoms with Crippen molar-refractivity contribution in [2.75, 3.05) is 24.3 Å². The number of benzene rings is 1. The van der Waals surface area contributed by atoms with E-state index >= 15 is 0 Å². The average Bonchev–Trinajstić information content (AvgIpc) is 2.58. The summed E-state index contributed by atoms with van der Waals surface area (Å²) in [6.45, 7) is 0.0186. The Balaban J connectivity index is 2.37.